The molecule has 0 saturated heterocycles. The van der Waals surface area contributed by atoms with Crippen LogP contribution in [0, 0.1) is 0 Å². The number of benzene rings is 1. The molecule has 126 valence electrons. The number of fused-ring (bicyclic) bond motifs is 1. The number of ether oxygens (including phenoxy) is 1. The molecule has 0 fully saturated rings. The summed E-state index contributed by atoms with van der Waals surface area (Å²) < 4.78 is 5.93. The summed E-state index contributed by atoms with van der Waals surface area (Å²) in [5.74, 6) is 0.787. The molecular weight excluding hydrogens is 346 g/mol. The molecular formula is C17H18ClN3O2S. The van der Waals surface area contributed by atoms with E-state index in [0.717, 1.165) is 31.5 Å². The second kappa shape index (κ2) is 7.90. The fourth-order valence-electron chi connectivity index (χ4n) is 2.37. The average Bonchev–Trinajstić information content (AvgIpc) is 3.01. The number of hydrogen-bond donors (Lipinski definition) is 2. The molecule has 1 unspecified atom stereocenters. The van der Waals surface area contributed by atoms with Crippen molar-refractivity contribution in [2.24, 2.45) is 0 Å². The molecule has 2 aromatic heterocycles. The van der Waals surface area contributed by atoms with Gasteiger partial charge >= 0.3 is 0 Å². The first-order chi connectivity index (χ1) is 11.7. The van der Waals surface area contributed by atoms with Crippen molar-refractivity contribution in [2.45, 2.75) is 12.5 Å². The van der Waals surface area contributed by atoms with Crippen LogP contribution in [0.5, 0.6) is 0 Å². The third-order valence-corrected chi connectivity index (χ3v) is 5.00. The van der Waals surface area contributed by atoms with E-state index in [1.54, 1.807) is 24.8 Å². The summed E-state index contributed by atoms with van der Waals surface area (Å²) in [5.41, 5.74) is 2.00. The lowest BCUT2D eigenvalue weighted by Crippen LogP contribution is -2.18. The SMILES string of the molecule is COCC(O)CCNc1ncnc2cc(-c3ccc(Cl)cc3)sc12. The lowest BCUT2D eigenvalue weighted by Gasteiger charge is -2.10. The van der Waals surface area contributed by atoms with Crippen molar-refractivity contribution < 1.29 is 9.84 Å². The molecule has 2 heterocycles. The minimum atomic E-state index is -0.479. The van der Waals surface area contributed by atoms with Crippen LogP contribution in [0.25, 0.3) is 20.7 Å². The lowest BCUT2D eigenvalue weighted by molar-refractivity contribution is 0.0615. The maximum Gasteiger partial charge on any atom is 0.147 e. The van der Waals surface area contributed by atoms with Crippen molar-refractivity contribution in [3.05, 3.63) is 41.7 Å². The predicted octanol–water partition coefficient (Wildman–Crippen LogP) is 3.82. The van der Waals surface area contributed by atoms with Gasteiger partial charge in [-0.25, -0.2) is 9.97 Å². The molecule has 24 heavy (non-hydrogen) atoms. The van der Waals surface area contributed by atoms with Crippen molar-refractivity contribution in [2.75, 3.05) is 25.6 Å². The molecule has 5 nitrogen and oxygen atoms in total. The minimum absolute atomic E-state index is 0.334. The Morgan fingerprint density at radius 2 is 2.08 bits per heavy atom. The number of halogens is 1. The van der Waals surface area contributed by atoms with Crippen LogP contribution < -0.4 is 5.32 Å². The van der Waals surface area contributed by atoms with Gasteiger partial charge in [-0.1, -0.05) is 23.7 Å². The number of methoxy groups -OCH3 is 1. The number of nitrogens with zero attached hydrogens (tertiary/aromatic N) is 2. The third kappa shape index (κ3) is 4.02. The molecule has 0 spiro atoms. The topological polar surface area (TPSA) is 67.3 Å². The van der Waals surface area contributed by atoms with E-state index in [1.807, 2.05) is 24.3 Å². The molecule has 0 saturated carbocycles. The van der Waals surface area contributed by atoms with Gasteiger partial charge in [-0.05, 0) is 30.2 Å². The average molecular weight is 364 g/mol. The normalized spacial score (nSPS) is 12.5. The van der Waals surface area contributed by atoms with Crippen LogP contribution in [0.15, 0.2) is 36.7 Å². The first kappa shape index (κ1) is 17.1. The highest BCUT2D eigenvalue weighted by atomic mass is 35.5. The van der Waals surface area contributed by atoms with Gasteiger partial charge < -0.3 is 15.2 Å². The molecule has 3 aromatic rings. The molecule has 0 bridgehead atoms. The standard InChI is InChI=1S/C17H18ClN3O2S/c1-23-9-13(22)6-7-19-17-16-14(20-10-21-17)8-15(24-16)11-2-4-12(18)5-3-11/h2-5,8,10,13,22H,6-7,9H2,1H3,(H,19,20,21). The van der Waals surface area contributed by atoms with E-state index < -0.39 is 6.10 Å². The highest BCUT2D eigenvalue weighted by Crippen LogP contribution is 2.35. The number of aliphatic hydroxyl groups excluding tert-OH is 1. The fourth-order valence-corrected chi connectivity index (χ4v) is 3.58. The van der Waals surface area contributed by atoms with Gasteiger partial charge in [0.05, 0.1) is 22.9 Å². The Kier molecular flexibility index (Phi) is 5.63. The number of aromatic nitrogens is 2. The van der Waals surface area contributed by atoms with E-state index in [4.69, 9.17) is 16.3 Å². The van der Waals surface area contributed by atoms with Crippen molar-refractivity contribution in [1.29, 1.82) is 0 Å². The van der Waals surface area contributed by atoms with Gasteiger partial charge in [0, 0.05) is 23.6 Å². The maximum absolute atomic E-state index is 9.71. The first-order valence-electron chi connectivity index (χ1n) is 7.58. The number of rotatable bonds is 7. The van der Waals surface area contributed by atoms with Gasteiger partial charge in [0.25, 0.3) is 0 Å². The van der Waals surface area contributed by atoms with Gasteiger partial charge in [-0.2, -0.15) is 0 Å². The third-order valence-electron chi connectivity index (χ3n) is 3.57. The molecule has 1 atom stereocenters. The predicted molar refractivity (Wildman–Crippen MR) is 98.9 cm³/mol. The molecule has 0 radical (unpaired) electrons. The maximum atomic E-state index is 9.71. The fraction of sp³-hybridized carbons (Fsp3) is 0.294. The van der Waals surface area contributed by atoms with Crippen molar-refractivity contribution in [1.82, 2.24) is 9.97 Å². The van der Waals surface area contributed by atoms with E-state index in [0.29, 0.717) is 19.6 Å². The number of aliphatic hydroxyl groups is 1. The van der Waals surface area contributed by atoms with Crippen LogP contribution in [0.1, 0.15) is 6.42 Å². The summed E-state index contributed by atoms with van der Waals surface area (Å²) in [6.45, 7) is 0.950. The molecule has 3 rings (SSSR count). The Balaban J connectivity index is 1.78. The number of anilines is 1. The quantitative estimate of drug-likeness (QED) is 0.668. The zero-order valence-electron chi connectivity index (χ0n) is 13.2. The molecule has 0 aliphatic heterocycles. The summed E-state index contributed by atoms with van der Waals surface area (Å²) in [5, 5.41) is 13.7. The lowest BCUT2D eigenvalue weighted by atomic mass is 10.2. The van der Waals surface area contributed by atoms with Crippen molar-refractivity contribution in [3.8, 4) is 10.4 Å². The highest BCUT2D eigenvalue weighted by molar-refractivity contribution is 7.22. The van der Waals surface area contributed by atoms with Crippen molar-refractivity contribution >= 4 is 39.0 Å². The highest BCUT2D eigenvalue weighted by Gasteiger charge is 2.11. The molecule has 0 amide bonds. The number of nitrogens with one attached hydrogen (secondary N) is 1. The van der Waals surface area contributed by atoms with Crippen LogP contribution in [-0.2, 0) is 4.74 Å². The van der Waals surface area contributed by atoms with Crippen LogP contribution in [0.3, 0.4) is 0 Å². The minimum Gasteiger partial charge on any atom is -0.391 e. The molecule has 1 aromatic carbocycles. The van der Waals surface area contributed by atoms with Crippen LogP contribution in [0.4, 0.5) is 5.82 Å². The van der Waals surface area contributed by atoms with Crippen LogP contribution >= 0.6 is 22.9 Å². The van der Waals surface area contributed by atoms with Crippen molar-refractivity contribution in [3.63, 3.8) is 0 Å². The van der Waals surface area contributed by atoms with Gasteiger partial charge in [0.2, 0.25) is 0 Å². The number of hydrogen-bond acceptors (Lipinski definition) is 6. The molecule has 0 aliphatic rings. The Labute approximate surface area is 149 Å². The zero-order valence-corrected chi connectivity index (χ0v) is 14.8. The van der Waals surface area contributed by atoms with Gasteiger partial charge in [0.15, 0.2) is 0 Å². The Morgan fingerprint density at radius 1 is 1.29 bits per heavy atom. The summed E-state index contributed by atoms with van der Waals surface area (Å²) in [6, 6.07) is 9.80. The summed E-state index contributed by atoms with van der Waals surface area (Å²) in [6.07, 6.45) is 1.66. The molecule has 7 heteroatoms. The van der Waals surface area contributed by atoms with E-state index in [-0.39, 0.29) is 0 Å². The second-order valence-electron chi connectivity index (χ2n) is 5.38. The van der Waals surface area contributed by atoms with E-state index >= 15 is 0 Å². The summed E-state index contributed by atoms with van der Waals surface area (Å²) in [4.78, 5) is 9.78. The largest absolute Gasteiger partial charge is 0.391 e. The van der Waals surface area contributed by atoms with Gasteiger partial charge in [-0.3, -0.25) is 0 Å². The molecule has 2 N–H and O–H groups in total. The first-order valence-corrected chi connectivity index (χ1v) is 8.78. The second-order valence-corrected chi connectivity index (χ2v) is 6.87. The van der Waals surface area contributed by atoms with E-state index in [1.165, 1.54) is 0 Å². The Hall–Kier alpha value is -1.73. The Morgan fingerprint density at radius 3 is 2.83 bits per heavy atom. The smallest absolute Gasteiger partial charge is 0.147 e. The van der Waals surface area contributed by atoms with E-state index in [2.05, 4.69) is 21.4 Å². The molecule has 0 aliphatic carbocycles. The monoisotopic (exact) mass is 363 g/mol. The van der Waals surface area contributed by atoms with Crippen LogP contribution in [-0.4, -0.2) is 41.4 Å². The van der Waals surface area contributed by atoms with Gasteiger partial charge in [-0.15, -0.1) is 11.3 Å². The summed E-state index contributed by atoms with van der Waals surface area (Å²) >= 11 is 7.58. The Bertz CT molecular complexity index is 807. The van der Waals surface area contributed by atoms with Crippen LogP contribution in [0.2, 0.25) is 5.02 Å². The summed E-state index contributed by atoms with van der Waals surface area (Å²) in [7, 11) is 1.58. The number of thiophene rings is 1. The zero-order chi connectivity index (χ0) is 16.9. The van der Waals surface area contributed by atoms with Gasteiger partial charge in [0.1, 0.15) is 12.1 Å². The van der Waals surface area contributed by atoms with E-state index in [9.17, 15) is 5.11 Å².